The van der Waals surface area contributed by atoms with Crippen LogP contribution in [-0.4, -0.2) is 176 Å². The maximum atomic E-state index is 5.18. The fraction of sp³-hybridized carbons (Fsp3) is 0.800. The van der Waals surface area contributed by atoms with E-state index in [9.17, 15) is 0 Å². The summed E-state index contributed by atoms with van der Waals surface area (Å²) in [6.07, 6.45) is 0. The molecule has 0 aliphatic rings. The zero-order valence-electron chi connectivity index (χ0n) is 23.8. The Bertz CT molecular complexity index is 568. The van der Waals surface area contributed by atoms with Crippen LogP contribution in [-0.2, 0) is 0 Å². The lowest BCUT2D eigenvalue weighted by atomic mass is 10.7. The van der Waals surface area contributed by atoms with Crippen molar-refractivity contribution >= 4 is 31.7 Å². The second-order valence-electron chi connectivity index (χ2n) is 9.29. The predicted octanol–water partition coefficient (Wildman–Crippen LogP) is 0.581. The molecule has 0 aliphatic carbocycles. The van der Waals surface area contributed by atoms with Crippen molar-refractivity contribution in [3.8, 4) is 0 Å². The Labute approximate surface area is 203 Å². The van der Waals surface area contributed by atoms with Crippen LogP contribution < -0.4 is 0 Å². The molecule has 0 radical (unpaired) electrons. The topological polar surface area (TPSA) is 75.4 Å². The monoisotopic (exact) mass is 487 g/mol. The normalized spacial score (nSPS) is 10.4. The van der Waals surface area contributed by atoms with Crippen LogP contribution >= 0.6 is 7.87 Å². The molecule has 0 rings (SSSR count). The van der Waals surface area contributed by atoms with Gasteiger partial charge >= 0.3 is 7.87 Å². The van der Waals surface area contributed by atoms with Gasteiger partial charge in [0, 0.05) is 113 Å². The predicted molar refractivity (Wildman–Crippen MR) is 146 cm³/mol. The molecule has 192 valence electrons. The highest BCUT2D eigenvalue weighted by atomic mass is 31.2. The molecule has 0 bridgehead atoms. The van der Waals surface area contributed by atoms with Crippen molar-refractivity contribution in [1.29, 1.82) is 0 Å². The first kappa shape index (κ1) is 30.5. The van der Waals surface area contributed by atoms with Gasteiger partial charge in [-0.05, 0) is 19.1 Å². The van der Waals surface area contributed by atoms with E-state index in [1.165, 1.54) is 0 Å². The summed E-state index contributed by atoms with van der Waals surface area (Å²) in [6.45, 7) is 0. The van der Waals surface area contributed by atoms with Crippen LogP contribution in [0.3, 0.4) is 0 Å². The summed E-state index contributed by atoms with van der Waals surface area (Å²) in [5.74, 6) is 2.91. The number of rotatable bonds is 4. The highest BCUT2D eigenvalue weighted by Gasteiger charge is 2.47. The van der Waals surface area contributed by atoms with Gasteiger partial charge in [0.1, 0.15) is 0 Å². The van der Waals surface area contributed by atoms with Crippen LogP contribution in [0.15, 0.2) is 19.1 Å². The van der Waals surface area contributed by atoms with Crippen LogP contribution in [0, 0.1) is 0 Å². The Morgan fingerprint density at radius 1 is 0.303 bits per heavy atom. The Balaban J connectivity index is 7.91. The van der Waals surface area contributed by atoms with Gasteiger partial charge in [-0.3, -0.25) is 0 Å². The molecule has 12 nitrogen and oxygen atoms in total. The molecule has 0 saturated carbocycles. The summed E-state index contributed by atoms with van der Waals surface area (Å²) in [6, 6.07) is 0. The van der Waals surface area contributed by atoms with Crippen molar-refractivity contribution in [3.63, 3.8) is 0 Å². The minimum Gasteiger partial charge on any atom is -0.346 e. The molecular formula is C20H48N12P+. The second kappa shape index (κ2) is 12.7. The second-order valence-corrected chi connectivity index (χ2v) is 11.2. The summed E-state index contributed by atoms with van der Waals surface area (Å²) in [5.41, 5.74) is 0. The van der Waals surface area contributed by atoms with Crippen LogP contribution in [0.4, 0.5) is 0 Å². The maximum Gasteiger partial charge on any atom is 0.507 e. The number of nitrogens with zero attached hydrogens (tertiary/aromatic N) is 12. The molecule has 13 heteroatoms. The SMILES string of the molecule is CN(C)C(=N[P+](N=C(N(C)C)N(C)C)(N=C(N(C)C)N(C)C)N=C(N(C)C)N(C)C)N(C)C. The van der Waals surface area contributed by atoms with Gasteiger partial charge in [0.15, 0.2) is 0 Å². The number of hydrogen-bond acceptors (Lipinski definition) is 4. The summed E-state index contributed by atoms with van der Waals surface area (Å²) in [4.78, 5) is 15.6. The average molecular weight is 488 g/mol. The first-order valence-electron chi connectivity index (χ1n) is 10.6. The smallest absolute Gasteiger partial charge is 0.346 e. The highest BCUT2D eigenvalue weighted by molar-refractivity contribution is 7.71. The zero-order chi connectivity index (χ0) is 26.3. The first-order chi connectivity index (χ1) is 15.0. The summed E-state index contributed by atoms with van der Waals surface area (Å²) >= 11 is 0. The van der Waals surface area contributed by atoms with Crippen LogP contribution in [0.1, 0.15) is 0 Å². The van der Waals surface area contributed by atoms with E-state index in [1.54, 1.807) is 0 Å². The molecule has 0 fully saturated rings. The fourth-order valence-corrected chi connectivity index (χ4v) is 5.59. The van der Waals surface area contributed by atoms with E-state index in [0.717, 1.165) is 23.8 Å². The van der Waals surface area contributed by atoms with Gasteiger partial charge in [-0.2, -0.15) is 0 Å². The highest BCUT2D eigenvalue weighted by Crippen LogP contribution is 2.66. The standard InChI is InChI=1S/C20H48N12P/c1-25(2)17(26(3)4)21-33(22-18(27(5)6)28(7)8,23-19(29(9)10)30(11)12)24-20(31(13)14)32(15)16/h1-16H3/q+1. The Morgan fingerprint density at radius 2 is 0.424 bits per heavy atom. The van der Waals surface area contributed by atoms with Gasteiger partial charge in [-0.25, -0.2) is 0 Å². The van der Waals surface area contributed by atoms with E-state index in [-0.39, 0.29) is 0 Å². The van der Waals surface area contributed by atoms with E-state index in [0.29, 0.717) is 0 Å². The summed E-state index contributed by atoms with van der Waals surface area (Å²) in [5, 5.41) is 0. The van der Waals surface area contributed by atoms with Crippen LogP contribution in [0.25, 0.3) is 0 Å². The van der Waals surface area contributed by atoms with Crippen molar-refractivity contribution < 1.29 is 0 Å². The van der Waals surface area contributed by atoms with Crippen molar-refractivity contribution in [2.75, 3.05) is 113 Å². The molecule has 0 aromatic carbocycles. The van der Waals surface area contributed by atoms with Gasteiger partial charge in [-0.15, -0.1) is 0 Å². The molecular weight excluding hydrogens is 439 g/mol. The van der Waals surface area contributed by atoms with E-state index in [4.69, 9.17) is 19.1 Å². The van der Waals surface area contributed by atoms with E-state index in [1.807, 2.05) is 152 Å². The lowest BCUT2D eigenvalue weighted by Gasteiger charge is -2.27. The number of guanidine groups is 4. The van der Waals surface area contributed by atoms with E-state index >= 15 is 0 Å². The Kier molecular flexibility index (Phi) is 11.7. The molecule has 0 aromatic rings. The third-order valence-corrected chi connectivity index (χ3v) is 5.88. The molecule has 0 atom stereocenters. The third kappa shape index (κ3) is 9.11. The Hall–Kier alpha value is -2.49. The molecule has 0 aromatic heterocycles. The number of hydrogen-bond donors (Lipinski definition) is 0. The maximum absolute atomic E-state index is 5.18. The lowest BCUT2D eigenvalue weighted by Crippen LogP contribution is -2.39. The molecule has 33 heavy (non-hydrogen) atoms. The molecule has 0 heterocycles. The van der Waals surface area contributed by atoms with Crippen LogP contribution in [0.5, 0.6) is 0 Å². The molecule has 0 aliphatic heterocycles. The lowest BCUT2D eigenvalue weighted by molar-refractivity contribution is 0.479. The van der Waals surface area contributed by atoms with E-state index in [2.05, 4.69) is 0 Å². The average Bonchev–Trinajstić information content (AvgIpc) is 2.64. The molecule has 0 amide bonds. The largest absolute Gasteiger partial charge is 0.507 e. The molecule has 0 unspecified atom stereocenters. The van der Waals surface area contributed by atoms with Gasteiger partial charge < -0.3 is 39.2 Å². The van der Waals surface area contributed by atoms with Gasteiger partial charge in [0.2, 0.25) is 23.8 Å². The van der Waals surface area contributed by atoms with Crippen LogP contribution in [0.2, 0.25) is 0 Å². The van der Waals surface area contributed by atoms with E-state index < -0.39 is 7.87 Å². The van der Waals surface area contributed by atoms with Crippen molar-refractivity contribution in [2.45, 2.75) is 0 Å². The Morgan fingerprint density at radius 3 is 0.515 bits per heavy atom. The molecule has 0 spiro atoms. The third-order valence-electron chi connectivity index (χ3n) is 4.09. The quantitative estimate of drug-likeness (QED) is 0.324. The van der Waals surface area contributed by atoms with Gasteiger partial charge in [-0.1, -0.05) is 0 Å². The summed E-state index contributed by atoms with van der Waals surface area (Å²) in [7, 11) is 28.2. The summed E-state index contributed by atoms with van der Waals surface area (Å²) < 4.78 is 20.7. The molecule has 0 saturated heterocycles. The van der Waals surface area contributed by atoms with Crippen molar-refractivity contribution in [3.05, 3.63) is 0 Å². The zero-order valence-corrected chi connectivity index (χ0v) is 24.7. The van der Waals surface area contributed by atoms with Gasteiger partial charge in [0.05, 0.1) is 0 Å². The van der Waals surface area contributed by atoms with Crippen molar-refractivity contribution in [1.82, 2.24) is 39.2 Å². The molecule has 0 N–H and O–H groups in total. The van der Waals surface area contributed by atoms with Crippen molar-refractivity contribution in [2.24, 2.45) is 19.1 Å². The fourth-order valence-electron chi connectivity index (χ4n) is 2.93. The first-order valence-corrected chi connectivity index (χ1v) is 12.2. The minimum atomic E-state index is -3.13. The van der Waals surface area contributed by atoms with Gasteiger partial charge in [0.25, 0.3) is 0 Å². The minimum absolute atomic E-state index is 0.727.